The molecule has 1 aromatic heterocycles. The van der Waals surface area contributed by atoms with Gasteiger partial charge in [-0.25, -0.2) is 0 Å². The Bertz CT molecular complexity index is 846. The van der Waals surface area contributed by atoms with E-state index in [0.717, 1.165) is 23.9 Å². The van der Waals surface area contributed by atoms with Crippen molar-refractivity contribution in [1.29, 1.82) is 0 Å². The maximum Gasteiger partial charge on any atom is 0.254 e. The lowest BCUT2D eigenvalue weighted by atomic mass is 9.82. The van der Waals surface area contributed by atoms with E-state index >= 15 is 0 Å². The summed E-state index contributed by atoms with van der Waals surface area (Å²) in [5, 5.41) is 11.7. The van der Waals surface area contributed by atoms with E-state index in [-0.39, 0.29) is 5.91 Å². The molecule has 6 heteroatoms. The molecule has 0 radical (unpaired) electrons. The third-order valence-corrected chi connectivity index (χ3v) is 5.97. The fraction of sp³-hybridized carbons (Fsp3) is 0.500. The number of halogens is 1. The number of fused-ring (bicyclic) bond motifs is 1. The molecule has 138 valence electrons. The molecule has 1 aromatic carbocycles. The molecule has 0 aliphatic carbocycles. The molecule has 3 heterocycles. The number of aliphatic hydroxyl groups is 1. The Hall–Kier alpha value is -1.69. The number of aryl methyl sites for hydroxylation is 1. The molecule has 1 atom stereocenters. The zero-order valence-corrected chi connectivity index (χ0v) is 15.6. The zero-order valence-electron chi connectivity index (χ0n) is 14.9. The minimum atomic E-state index is -0.478. The standard InChI is InChI=1S/C20H23ClN2O3/c1-13-12-15(14-4-2-5-16(21)18(14)22-13)19(25)23-9-7-20(8-10-23)17(24)6-3-11-26-20/h2,4-5,12,17,24H,3,6-11H2,1H3/t17-/m0/s1. The number of benzene rings is 1. The third-order valence-electron chi connectivity index (χ3n) is 5.66. The summed E-state index contributed by atoms with van der Waals surface area (Å²) in [5.74, 6) is -0.0112. The van der Waals surface area contributed by atoms with Gasteiger partial charge in [0, 0.05) is 30.8 Å². The molecule has 1 N–H and O–H groups in total. The number of carbonyl (C=O) groups excluding carboxylic acids is 1. The first-order valence-electron chi connectivity index (χ1n) is 9.17. The smallest absolute Gasteiger partial charge is 0.254 e. The van der Waals surface area contributed by atoms with Crippen molar-refractivity contribution in [3.05, 3.63) is 40.5 Å². The summed E-state index contributed by atoms with van der Waals surface area (Å²) in [6.45, 7) is 3.73. The number of para-hydroxylation sites is 1. The summed E-state index contributed by atoms with van der Waals surface area (Å²) in [6.07, 6.45) is 2.58. The van der Waals surface area contributed by atoms with Crippen LogP contribution in [0.15, 0.2) is 24.3 Å². The van der Waals surface area contributed by atoms with Crippen molar-refractivity contribution in [3.63, 3.8) is 0 Å². The molecule has 1 spiro atoms. The number of nitrogens with zero attached hydrogens (tertiary/aromatic N) is 2. The fourth-order valence-electron chi connectivity index (χ4n) is 4.17. The number of ether oxygens (including phenoxy) is 1. The van der Waals surface area contributed by atoms with Crippen LogP contribution in [-0.4, -0.2) is 52.3 Å². The zero-order chi connectivity index (χ0) is 18.3. The van der Waals surface area contributed by atoms with Gasteiger partial charge in [-0.05, 0) is 44.7 Å². The van der Waals surface area contributed by atoms with Gasteiger partial charge >= 0.3 is 0 Å². The van der Waals surface area contributed by atoms with E-state index in [1.165, 1.54) is 0 Å². The van der Waals surface area contributed by atoms with E-state index in [0.29, 0.717) is 48.6 Å². The number of pyridine rings is 1. The number of aromatic nitrogens is 1. The fourth-order valence-corrected chi connectivity index (χ4v) is 4.38. The molecule has 26 heavy (non-hydrogen) atoms. The molecular weight excluding hydrogens is 352 g/mol. The van der Waals surface area contributed by atoms with Gasteiger partial charge in [0.05, 0.1) is 27.8 Å². The van der Waals surface area contributed by atoms with Gasteiger partial charge in [0.1, 0.15) is 0 Å². The number of amides is 1. The summed E-state index contributed by atoms with van der Waals surface area (Å²) < 4.78 is 5.94. The quantitative estimate of drug-likeness (QED) is 0.831. The Balaban J connectivity index is 1.60. The van der Waals surface area contributed by atoms with Crippen LogP contribution in [0.5, 0.6) is 0 Å². The Morgan fingerprint density at radius 3 is 2.88 bits per heavy atom. The first-order valence-corrected chi connectivity index (χ1v) is 9.55. The molecule has 2 saturated heterocycles. The van der Waals surface area contributed by atoms with Crippen molar-refractivity contribution in [2.24, 2.45) is 0 Å². The van der Waals surface area contributed by atoms with Crippen LogP contribution in [0.25, 0.3) is 10.9 Å². The molecule has 2 aliphatic rings. The average molecular weight is 375 g/mol. The SMILES string of the molecule is Cc1cc(C(=O)N2CCC3(CC2)OCCC[C@@H]3O)c2cccc(Cl)c2n1. The van der Waals surface area contributed by atoms with Gasteiger partial charge in [-0.1, -0.05) is 23.7 Å². The minimum absolute atomic E-state index is 0.0112. The summed E-state index contributed by atoms with van der Waals surface area (Å²) >= 11 is 6.27. The van der Waals surface area contributed by atoms with Crippen molar-refractivity contribution in [1.82, 2.24) is 9.88 Å². The largest absolute Gasteiger partial charge is 0.390 e. The van der Waals surface area contributed by atoms with Gasteiger partial charge in [-0.3, -0.25) is 9.78 Å². The normalized spacial score (nSPS) is 22.7. The van der Waals surface area contributed by atoms with Crippen LogP contribution in [0, 0.1) is 6.92 Å². The predicted octanol–water partition coefficient (Wildman–Crippen LogP) is 3.34. The number of hydrogen-bond acceptors (Lipinski definition) is 4. The van der Waals surface area contributed by atoms with Crippen LogP contribution in [0.2, 0.25) is 5.02 Å². The average Bonchev–Trinajstić information content (AvgIpc) is 2.65. The molecule has 2 aromatic rings. The highest BCUT2D eigenvalue weighted by molar-refractivity contribution is 6.35. The number of rotatable bonds is 1. The highest BCUT2D eigenvalue weighted by atomic mass is 35.5. The van der Waals surface area contributed by atoms with Gasteiger partial charge in [-0.15, -0.1) is 0 Å². The lowest BCUT2D eigenvalue weighted by Crippen LogP contribution is -2.56. The lowest BCUT2D eigenvalue weighted by molar-refractivity contribution is -0.174. The van der Waals surface area contributed by atoms with Gasteiger partial charge in [-0.2, -0.15) is 0 Å². The maximum absolute atomic E-state index is 13.2. The Kier molecular flexibility index (Phi) is 4.63. The predicted molar refractivity (Wildman–Crippen MR) is 101 cm³/mol. The van der Waals surface area contributed by atoms with Crippen molar-refractivity contribution >= 4 is 28.4 Å². The molecule has 2 aliphatic heterocycles. The van der Waals surface area contributed by atoms with Crippen LogP contribution in [0.4, 0.5) is 0 Å². The van der Waals surface area contributed by atoms with Crippen LogP contribution in [0.1, 0.15) is 41.7 Å². The first-order chi connectivity index (χ1) is 12.5. The van der Waals surface area contributed by atoms with Gasteiger partial charge in [0.15, 0.2) is 0 Å². The number of hydrogen-bond donors (Lipinski definition) is 1. The second-order valence-electron chi connectivity index (χ2n) is 7.31. The summed E-state index contributed by atoms with van der Waals surface area (Å²) in [5.41, 5.74) is 1.59. The number of carbonyl (C=O) groups is 1. The molecular formula is C20H23ClN2O3. The Morgan fingerprint density at radius 1 is 1.38 bits per heavy atom. The second-order valence-corrected chi connectivity index (χ2v) is 7.72. The molecule has 0 saturated carbocycles. The van der Waals surface area contributed by atoms with E-state index in [9.17, 15) is 9.90 Å². The van der Waals surface area contributed by atoms with E-state index in [4.69, 9.17) is 16.3 Å². The molecule has 0 bridgehead atoms. The van der Waals surface area contributed by atoms with Crippen LogP contribution >= 0.6 is 11.6 Å². The molecule has 4 rings (SSSR count). The Morgan fingerprint density at radius 2 is 2.15 bits per heavy atom. The van der Waals surface area contributed by atoms with Gasteiger partial charge < -0.3 is 14.7 Å². The van der Waals surface area contributed by atoms with Crippen LogP contribution < -0.4 is 0 Å². The topological polar surface area (TPSA) is 62.7 Å². The minimum Gasteiger partial charge on any atom is -0.390 e. The highest BCUT2D eigenvalue weighted by Gasteiger charge is 2.44. The number of piperidine rings is 1. The lowest BCUT2D eigenvalue weighted by Gasteiger charge is -2.46. The van der Waals surface area contributed by atoms with E-state index in [1.807, 2.05) is 30.0 Å². The molecule has 2 fully saturated rings. The molecule has 5 nitrogen and oxygen atoms in total. The second kappa shape index (κ2) is 6.80. The van der Waals surface area contributed by atoms with Gasteiger partial charge in [0.2, 0.25) is 0 Å². The van der Waals surface area contributed by atoms with E-state index in [1.54, 1.807) is 6.07 Å². The van der Waals surface area contributed by atoms with Crippen molar-refractivity contribution in [3.8, 4) is 0 Å². The molecule has 0 unspecified atom stereocenters. The first kappa shape index (κ1) is 17.7. The summed E-state index contributed by atoms with van der Waals surface area (Å²) in [6, 6.07) is 7.35. The molecule has 1 amide bonds. The summed E-state index contributed by atoms with van der Waals surface area (Å²) in [4.78, 5) is 19.5. The van der Waals surface area contributed by atoms with Gasteiger partial charge in [0.25, 0.3) is 5.91 Å². The van der Waals surface area contributed by atoms with Crippen molar-refractivity contribution in [2.75, 3.05) is 19.7 Å². The maximum atomic E-state index is 13.2. The van der Waals surface area contributed by atoms with Crippen LogP contribution in [0.3, 0.4) is 0 Å². The van der Waals surface area contributed by atoms with E-state index < -0.39 is 11.7 Å². The van der Waals surface area contributed by atoms with Crippen molar-refractivity contribution < 1.29 is 14.6 Å². The van der Waals surface area contributed by atoms with E-state index in [2.05, 4.69) is 4.98 Å². The Labute approximate surface area is 157 Å². The van der Waals surface area contributed by atoms with Crippen LogP contribution in [-0.2, 0) is 4.74 Å². The summed E-state index contributed by atoms with van der Waals surface area (Å²) in [7, 11) is 0. The van der Waals surface area contributed by atoms with Crippen molar-refractivity contribution in [2.45, 2.75) is 44.3 Å². The monoisotopic (exact) mass is 374 g/mol. The number of likely N-dealkylation sites (tertiary alicyclic amines) is 1. The number of aliphatic hydroxyl groups excluding tert-OH is 1. The highest BCUT2D eigenvalue weighted by Crippen LogP contribution is 2.36. The third kappa shape index (κ3) is 2.98.